The zero-order valence-corrected chi connectivity index (χ0v) is 11.5. The predicted molar refractivity (Wildman–Crippen MR) is 71.5 cm³/mol. The van der Waals surface area contributed by atoms with Crippen LogP contribution in [0, 0.1) is 0 Å². The SMILES string of the molecule is C=CCNC(=O)C(C)NCc1sccc1Br. The minimum absolute atomic E-state index is 0.00687. The molecular formula is C11H15BrN2OS. The number of thiophene rings is 1. The molecule has 1 rings (SSSR count). The molecule has 1 aromatic heterocycles. The summed E-state index contributed by atoms with van der Waals surface area (Å²) < 4.78 is 1.09. The first kappa shape index (κ1) is 13.4. The van der Waals surface area contributed by atoms with E-state index < -0.39 is 0 Å². The Balaban J connectivity index is 2.35. The molecule has 0 saturated carbocycles. The Morgan fingerprint density at radius 2 is 2.50 bits per heavy atom. The Bertz CT molecular complexity index is 365. The van der Waals surface area contributed by atoms with Gasteiger partial charge in [0, 0.05) is 22.4 Å². The largest absolute Gasteiger partial charge is 0.351 e. The van der Waals surface area contributed by atoms with E-state index in [9.17, 15) is 4.79 Å². The molecule has 0 aliphatic rings. The summed E-state index contributed by atoms with van der Waals surface area (Å²) in [4.78, 5) is 12.7. The number of hydrogen-bond donors (Lipinski definition) is 2. The molecule has 0 aromatic carbocycles. The number of carbonyl (C=O) groups excluding carboxylic acids is 1. The molecule has 2 N–H and O–H groups in total. The second kappa shape index (κ2) is 6.83. The highest BCUT2D eigenvalue weighted by atomic mass is 79.9. The van der Waals surface area contributed by atoms with Crippen LogP contribution in [-0.4, -0.2) is 18.5 Å². The topological polar surface area (TPSA) is 41.1 Å². The van der Waals surface area contributed by atoms with Gasteiger partial charge in [-0.15, -0.1) is 17.9 Å². The quantitative estimate of drug-likeness (QED) is 0.792. The van der Waals surface area contributed by atoms with Crippen LogP contribution in [0.5, 0.6) is 0 Å². The first-order chi connectivity index (χ1) is 7.65. The summed E-state index contributed by atoms with van der Waals surface area (Å²) in [6.07, 6.45) is 1.67. The molecule has 0 bridgehead atoms. The third-order valence-corrected chi connectivity index (χ3v) is 4.00. The first-order valence-corrected chi connectivity index (χ1v) is 6.66. The van der Waals surface area contributed by atoms with Crippen LogP contribution in [0.1, 0.15) is 11.8 Å². The lowest BCUT2D eigenvalue weighted by atomic mass is 10.3. The van der Waals surface area contributed by atoms with E-state index in [0.717, 1.165) is 4.47 Å². The van der Waals surface area contributed by atoms with E-state index in [1.54, 1.807) is 17.4 Å². The first-order valence-electron chi connectivity index (χ1n) is 4.99. The fourth-order valence-corrected chi connectivity index (χ4v) is 2.56. The van der Waals surface area contributed by atoms with Crippen LogP contribution in [-0.2, 0) is 11.3 Å². The average molecular weight is 303 g/mol. The number of rotatable bonds is 6. The smallest absolute Gasteiger partial charge is 0.237 e. The molecule has 0 aliphatic carbocycles. The lowest BCUT2D eigenvalue weighted by Gasteiger charge is -2.12. The number of halogens is 1. The van der Waals surface area contributed by atoms with Crippen molar-refractivity contribution in [3.05, 3.63) is 33.5 Å². The molecule has 5 heteroatoms. The number of carbonyl (C=O) groups is 1. The van der Waals surface area contributed by atoms with E-state index in [2.05, 4.69) is 33.1 Å². The number of nitrogens with one attached hydrogen (secondary N) is 2. The van der Waals surface area contributed by atoms with Crippen LogP contribution < -0.4 is 10.6 Å². The minimum atomic E-state index is -0.200. The highest BCUT2D eigenvalue weighted by Gasteiger charge is 2.11. The zero-order chi connectivity index (χ0) is 12.0. The van der Waals surface area contributed by atoms with Gasteiger partial charge in [0.15, 0.2) is 0 Å². The van der Waals surface area contributed by atoms with E-state index >= 15 is 0 Å². The molecule has 1 atom stereocenters. The second-order valence-corrected chi connectivity index (χ2v) is 5.18. The van der Waals surface area contributed by atoms with Crippen LogP contribution in [0.25, 0.3) is 0 Å². The molecule has 0 saturated heterocycles. The van der Waals surface area contributed by atoms with Crippen molar-refractivity contribution in [1.82, 2.24) is 10.6 Å². The van der Waals surface area contributed by atoms with Crippen LogP contribution in [0.2, 0.25) is 0 Å². The molecule has 88 valence electrons. The van der Waals surface area contributed by atoms with Crippen LogP contribution in [0.3, 0.4) is 0 Å². The molecule has 3 nitrogen and oxygen atoms in total. The van der Waals surface area contributed by atoms with Gasteiger partial charge in [-0.1, -0.05) is 6.08 Å². The van der Waals surface area contributed by atoms with Gasteiger partial charge in [0.1, 0.15) is 0 Å². The van der Waals surface area contributed by atoms with Crippen molar-refractivity contribution in [2.45, 2.75) is 19.5 Å². The average Bonchev–Trinajstić information content (AvgIpc) is 2.68. The lowest BCUT2D eigenvalue weighted by molar-refractivity contribution is -0.122. The van der Waals surface area contributed by atoms with E-state index in [-0.39, 0.29) is 11.9 Å². The number of amides is 1. The van der Waals surface area contributed by atoms with Gasteiger partial charge in [-0.3, -0.25) is 4.79 Å². The molecule has 0 aliphatic heterocycles. The molecular weight excluding hydrogens is 288 g/mol. The Labute approximate surface area is 108 Å². The third-order valence-electron chi connectivity index (χ3n) is 2.07. The lowest BCUT2D eigenvalue weighted by Crippen LogP contribution is -2.41. The standard InChI is InChI=1S/C11H15BrN2OS/c1-3-5-13-11(15)8(2)14-7-10-9(12)4-6-16-10/h3-4,6,8,14H,1,5,7H2,2H3,(H,13,15). The summed E-state index contributed by atoms with van der Waals surface area (Å²) in [6, 6.07) is 1.80. The molecule has 0 spiro atoms. The van der Waals surface area contributed by atoms with E-state index in [4.69, 9.17) is 0 Å². The Morgan fingerprint density at radius 3 is 3.06 bits per heavy atom. The monoisotopic (exact) mass is 302 g/mol. The molecule has 1 unspecified atom stereocenters. The molecule has 0 fully saturated rings. The van der Waals surface area contributed by atoms with E-state index in [1.807, 2.05) is 18.4 Å². The maximum Gasteiger partial charge on any atom is 0.237 e. The van der Waals surface area contributed by atoms with Gasteiger partial charge in [-0.25, -0.2) is 0 Å². The summed E-state index contributed by atoms with van der Waals surface area (Å²) in [5.41, 5.74) is 0. The highest BCUT2D eigenvalue weighted by Crippen LogP contribution is 2.22. The van der Waals surface area contributed by atoms with Crippen molar-refractivity contribution in [3.8, 4) is 0 Å². The third kappa shape index (κ3) is 4.08. The van der Waals surface area contributed by atoms with Gasteiger partial charge < -0.3 is 10.6 Å². The second-order valence-electron chi connectivity index (χ2n) is 3.33. The predicted octanol–water partition coefficient (Wildman–Crippen LogP) is 2.29. The van der Waals surface area contributed by atoms with Gasteiger partial charge in [-0.2, -0.15) is 0 Å². The fraction of sp³-hybridized carbons (Fsp3) is 0.364. The van der Waals surface area contributed by atoms with Gasteiger partial charge in [0.05, 0.1) is 6.04 Å². The van der Waals surface area contributed by atoms with Gasteiger partial charge >= 0.3 is 0 Å². The Morgan fingerprint density at radius 1 is 1.75 bits per heavy atom. The fourth-order valence-electron chi connectivity index (χ4n) is 1.12. The van der Waals surface area contributed by atoms with Crippen LogP contribution in [0.4, 0.5) is 0 Å². The van der Waals surface area contributed by atoms with Crippen molar-refractivity contribution in [2.75, 3.05) is 6.54 Å². The summed E-state index contributed by atoms with van der Waals surface area (Å²) in [6.45, 7) is 6.60. The molecule has 16 heavy (non-hydrogen) atoms. The summed E-state index contributed by atoms with van der Waals surface area (Å²) in [5, 5.41) is 7.93. The van der Waals surface area contributed by atoms with E-state index in [1.165, 1.54) is 4.88 Å². The highest BCUT2D eigenvalue weighted by molar-refractivity contribution is 9.10. The maximum atomic E-state index is 11.5. The van der Waals surface area contributed by atoms with Gasteiger partial charge in [-0.05, 0) is 34.3 Å². The summed E-state index contributed by atoms with van der Waals surface area (Å²) in [7, 11) is 0. The number of hydrogen-bond acceptors (Lipinski definition) is 3. The van der Waals surface area contributed by atoms with Crippen molar-refractivity contribution in [1.29, 1.82) is 0 Å². The summed E-state index contributed by atoms with van der Waals surface area (Å²) in [5.74, 6) is -0.00687. The molecule has 1 amide bonds. The van der Waals surface area contributed by atoms with Crippen molar-refractivity contribution in [2.24, 2.45) is 0 Å². The van der Waals surface area contributed by atoms with Gasteiger partial charge in [0.25, 0.3) is 0 Å². The van der Waals surface area contributed by atoms with Crippen molar-refractivity contribution >= 4 is 33.2 Å². The summed E-state index contributed by atoms with van der Waals surface area (Å²) >= 11 is 5.12. The minimum Gasteiger partial charge on any atom is -0.351 e. The maximum absolute atomic E-state index is 11.5. The molecule has 1 heterocycles. The molecule has 1 aromatic rings. The Hall–Kier alpha value is -0.650. The zero-order valence-electron chi connectivity index (χ0n) is 9.13. The molecule has 0 radical (unpaired) electrons. The van der Waals surface area contributed by atoms with Crippen LogP contribution >= 0.6 is 27.3 Å². The van der Waals surface area contributed by atoms with Gasteiger partial charge in [0.2, 0.25) is 5.91 Å². The Kier molecular flexibility index (Phi) is 5.73. The van der Waals surface area contributed by atoms with Crippen molar-refractivity contribution < 1.29 is 4.79 Å². The van der Waals surface area contributed by atoms with Crippen LogP contribution in [0.15, 0.2) is 28.6 Å². The van der Waals surface area contributed by atoms with E-state index in [0.29, 0.717) is 13.1 Å². The normalized spacial score (nSPS) is 12.1. The van der Waals surface area contributed by atoms with Crippen molar-refractivity contribution in [3.63, 3.8) is 0 Å².